The molecule has 0 bridgehead atoms. The monoisotopic (exact) mass is 404 g/mol. The highest BCUT2D eigenvalue weighted by Gasteiger charge is 2.27. The molecule has 0 aromatic heterocycles. The minimum absolute atomic E-state index is 0. The van der Waals surface area contributed by atoms with Crippen molar-refractivity contribution in [3.63, 3.8) is 0 Å². The number of carbonyl (C=O) groups is 2. The van der Waals surface area contributed by atoms with E-state index < -0.39 is 16.9 Å². The molecule has 144 valence electrons. The fourth-order valence-corrected chi connectivity index (χ4v) is 2.66. The number of amides is 2. The molecule has 8 nitrogen and oxygen atoms in total. The van der Waals surface area contributed by atoms with Gasteiger partial charge in [-0.15, -0.1) is 12.4 Å². The first-order chi connectivity index (χ1) is 11.8. The zero-order valence-electron chi connectivity index (χ0n) is 14.5. The fraction of sp³-hybridized carbons (Fsp3) is 0.500. The van der Waals surface area contributed by atoms with Crippen molar-refractivity contribution in [3.05, 3.63) is 38.9 Å². The molecule has 1 heterocycles. The summed E-state index contributed by atoms with van der Waals surface area (Å²) < 4.78 is 0. The SMILES string of the molecule is CC(C)C(NC(=O)c1ccc([N+](=O)[O-])cc1Cl)C(=O)NCC1CNC1.Cl. The quantitative estimate of drug-likeness (QED) is 0.473. The van der Waals surface area contributed by atoms with E-state index in [-0.39, 0.29) is 40.5 Å². The first-order valence-electron chi connectivity index (χ1n) is 8.02. The molecule has 1 atom stereocenters. The van der Waals surface area contributed by atoms with E-state index in [0.29, 0.717) is 12.5 Å². The van der Waals surface area contributed by atoms with E-state index in [2.05, 4.69) is 16.0 Å². The number of carbonyl (C=O) groups excluding carboxylic acids is 2. The number of rotatable bonds is 7. The maximum Gasteiger partial charge on any atom is 0.270 e. The Morgan fingerprint density at radius 2 is 2.04 bits per heavy atom. The van der Waals surface area contributed by atoms with E-state index in [1.54, 1.807) is 0 Å². The molecule has 1 aliphatic heterocycles. The maximum atomic E-state index is 12.4. The fourth-order valence-electron chi connectivity index (χ4n) is 2.40. The number of nitrogens with one attached hydrogen (secondary N) is 3. The predicted molar refractivity (Wildman–Crippen MR) is 101 cm³/mol. The zero-order chi connectivity index (χ0) is 18.6. The van der Waals surface area contributed by atoms with Gasteiger partial charge in [-0.2, -0.15) is 0 Å². The molecule has 1 fully saturated rings. The average Bonchev–Trinajstić information content (AvgIpc) is 2.50. The van der Waals surface area contributed by atoms with E-state index in [1.165, 1.54) is 12.1 Å². The lowest BCUT2D eigenvalue weighted by Gasteiger charge is -2.29. The summed E-state index contributed by atoms with van der Waals surface area (Å²) in [5, 5.41) is 19.3. The highest BCUT2D eigenvalue weighted by molar-refractivity contribution is 6.34. The van der Waals surface area contributed by atoms with Crippen molar-refractivity contribution in [1.82, 2.24) is 16.0 Å². The van der Waals surface area contributed by atoms with Crippen molar-refractivity contribution in [3.8, 4) is 0 Å². The number of non-ortho nitro benzene ring substituents is 1. The number of hydrogen-bond donors (Lipinski definition) is 3. The van der Waals surface area contributed by atoms with Crippen LogP contribution in [-0.4, -0.2) is 42.4 Å². The summed E-state index contributed by atoms with van der Waals surface area (Å²) in [6.07, 6.45) is 0. The van der Waals surface area contributed by atoms with Crippen LogP contribution in [0.2, 0.25) is 5.02 Å². The molecule has 0 saturated carbocycles. The molecule has 3 N–H and O–H groups in total. The van der Waals surface area contributed by atoms with Crippen molar-refractivity contribution in [2.45, 2.75) is 19.9 Å². The number of hydrogen-bond acceptors (Lipinski definition) is 5. The van der Waals surface area contributed by atoms with Crippen LogP contribution in [0.5, 0.6) is 0 Å². The van der Waals surface area contributed by atoms with Crippen molar-refractivity contribution >= 4 is 41.5 Å². The molecule has 26 heavy (non-hydrogen) atoms. The Hall–Kier alpha value is -1.90. The smallest absolute Gasteiger partial charge is 0.270 e. The Bertz CT molecular complexity index is 680. The predicted octanol–water partition coefficient (Wildman–Crippen LogP) is 1.76. The molecule has 1 aliphatic rings. The summed E-state index contributed by atoms with van der Waals surface area (Å²) >= 11 is 5.97. The normalized spacial score (nSPS) is 14.8. The van der Waals surface area contributed by atoms with Crippen LogP contribution in [0.25, 0.3) is 0 Å². The summed E-state index contributed by atoms with van der Waals surface area (Å²) in [4.78, 5) is 34.9. The van der Waals surface area contributed by atoms with Crippen molar-refractivity contribution in [2.24, 2.45) is 11.8 Å². The molecular formula is C16H22Cl2N4O4. The van der Waals surface area contributed by atoms with Crippen LogP contribution < -0.4 is 16.0 Å². The average molecular weight is 405 g/mol. The summed E-state index contributed by atoms with van der Waals surface area (Å²) in [6, 6.07) is 2.89. The van der Waals surface area contributed by atoms with E-state index in [1.807, 2.05) is 13.8 Å². The number of halogens is 2. The molecule has 0 spiro atoms. The molecule has 2 amide bonds. The molecule has 1 saturated heterocycles. The van der Waals surface area contributed by atoms with Gasteiger partial charge >= 0.3 is 0 Å². The second-order valence-electron chi connectivity index (χ2n) is 6.39. The van der Waals surface area contributed by atoms with Gasteiger partial charge in [0.25, 0.3) is 11.6 Å². The Morgan fingerprint density at radius 1 is 1.38 bits per heavy atom. The maximum absolute atomic E-state index is 12.4. The van der Waals surface area contributed by atoms with Gasteiger partial charge in [-0.05, 0) is 12.0 Å². The van der Waals surface area contributed by atoms with Crippen LogP contribution in [0.1, 0.15) is 24.2 Å². The number of benzene rings is 1. The zero-order valence-corrected chi connectivity index (χ0v) is 16.0. The Morgan fingerprint density at radius 3 is 2.50 bits per heavy atom. The van der Waals surface area contributed by atoms with Crippen LogP contribution in [0.15, 0.2) is 18.2 Å². The number of nitro benzene ring substituents is 1. The highest BCUT2D eigenvalue weighted by atomic mass is 35.5. The highest BCUT2D eigenvalue weighted by Crippen LogP contribution is 2.22. The Balaban J connectivity index is 0.00000338. The van der Waals surface area contributed by atoms with E-state index in [0.717, 1.165) is 19.2 Å². The standard InChI is InChI=1S/C16H21ClN4O4.ClH/c1-9(2)14(16(23)19-8-10-6-18-7-10)20-15(22)12-4-3-11(21(24)25)5-13(12)17;/h3-5,9-10,14,18H,6-8H2,1-2H3,(H,19,23)(H,20,22);1H. The second-order valence-corrected chi connectivity index (χ2v) is 6.79. The third-order valence-corrected chi connectivity index (χ3v) is 4.39. The first kappa shape index (κ1) is 22.1. The van der Waals surface area contributed by atoms with Gasteiger partial charge in [0.1, 0.15) is 6.04 Å². The summed E-state index contributed by atoms with van der Waals surface area (Å²) in [5.41, 5.74) is -0.109. The first-order valence-corrected chi connectivity index (χ1v) is 8.40. The molecule has 0 radical (unpaired) electrons. The van der Waals surface area contributed by atoms with Gasteiger partial charge in [0.05, 0.1) is 15.5 Å². The van der Waals surface area contributed by atoms with Crippen molar-refractivity contribution in [2.75, 3.05) is 19.6 Å². The van der Waals surface area contributed by atoms with E-state index in [9.17, 15) is 19.7 Å². The van der Waals surface area contributed by atoms with E-state index in [4.69, 9.17) is 11.6 Å². The molecule has 1 aromatic carbocycles. The van der Waals surface area contributed by atoms with Crippen LogP contribution in [0.4, 0.5) is 5.69 Å². The molecule has 1 unspecified atom stereocenters. The van der Waals surface area contributed by atoms with E-state index >= 15 is 0 Å². The minimum Gasteiger partial charge on any atom is -0.354 e. The third-order valence-electron chi connectivity index (χ3n) is 4.07. The third kappa shape index (κ3) is 5.55. The van der Waals surface area contributed by atoms with Gasteiger partial charge in [0.15, 0.2) is 0 Å². The van der Waals surface area contributed by atoms with Gasteiger partial charge in [-0.25, -0.2) is 0 Å². The van der Waals surface area contributed by atoms with Crippen LogP contribution in [0.3, 0.4) is 0 Å². The summed E-state index contributed by atoms with van der Waals surface area (Å²) in [7, 11) is 0. The summed E-state index contributed by atoms with van der Waals surface area (Å²) in [5.74, 6) is -0.510. The Labute approximate surface area is 162 Å². The molecule has 0 aliphatic carbocycles. The van der Waals surface area contributed by atoms with Crippen molar-refractivity contribution < 1.29 is 14.5 Å². The molecule has 2 rings (SSSR count). The second kappa shape index (κ2) is 9.70. The van der Waals surface area contributed by atoms with Gasteiger partial charge in [0, 0.05) is 37.7 Å². The van der Waals surface area contributed by atoms with Gasteiger partial charge in [0.2, 0.25) is 5.91 Å². The topological polar surface area (TPSA) is 113 Å². The van der Waals surface area contributed by atoms with Gasteiger partial charge < -0.3 is 16.0 Å². The lowest BCUT2D eigenvalue weighted by Crippen LogP contribution is -2.53. The van der Waals surface area contributed by atoms with Gasteiger partial charge in [-0.3, -0.25) is 19.7 Å². The van der Waals surface area contributed by atoms with Gasteiger partial charge in [-0.1, -0.05) is 25.4 Å². The Kier molecular flexibility index (Phi) is 8.26. The number of nitro groups is 1. The lowest BCUT2D eigenvalue weighted by molar-refractivity contribution is -0.384. The van der Waals surface area contributed by atoms with Crippen LogP contribution >= 0.6 is 24.0 Å². The molecule has 1 aromatic rings. The number of nitrogens with zero attached hydrogens (tertiary/aromatic N) is 1. The summed E-state index contributed by atoms with van der Waals surface area (Å²) in [6.45, 7) is 5.96. The van der Waals surface area contributed by atoms with Crippen molar-refractivity contribution in [1.29, 1.82) is 0 Å². The van der Waals surface area contributed by atoms with Crippen LogP contribution in [0, 0.1) is 22.0 Å². The molecular weight excluding hydrogens is 383 g/mol. The lowest BCUT2D eigenvalue weighted by atomic mass is 10.0. The minimum atomic E-state index is -0.716. The molecule has 10 heteroatoms. The van der Waals surface area contributed by atoms with Crippen LogP contribution in [-0.2, 0) is 4.79 Å². The largest absolute Gasteiger partial charge is 0.354 e.